The van der Waals surface area contributed by atoms with E-state index >= 15 is 0 Å². The summed E-state index contributed by atoms with van der Waals surface area (Å²) in [6.45, 7) is 1.80. The van der Waals surface area contributed by atoms with Gasteiger partial charge in [0.1, 0.15) is 0 Å². The summed E-state index contributed by atoms with van der Waals surface area (Å²) in [6, 6.07) is 1.20. The fourth-order valence-corrected chi connectivity index (χ4v) is 1.93. The molecule has 0 radical (unpaired) electrons. The van der Waals surface area contributed by atoms with Crippen LogP contribution in [0.25, 0.3) is 0 Å². The molecule has 1 saturated heterocycles. The standard InChI is InChI=1S/C9H13N5O2.ClH/c1-5-3-6(14(2)13-5)9(4-10)7(15)11-8(16)12-9;/h3H,4,10H2,1-2H3,(H2,11,12,15,16);1H/t9-;/m1./s1. The Morgan fingerprint density at radius 2 is 2.18 bits per heavy atom. The van der Waals surface area contributed by atoms with Crippen LogP contribution in [0.15, 0.2) is 6.07 Å². The first-order valence-electron chi connectivity index (χ1n) is 4.84. The smallest absolute Gasteiger partial charge is 0.322 e. The third-order valence-electron chi connectivity index (χ3n) is 2.69. The number of nitrogens with zero attached hydrogens (tertiary/aromatic N) is 2. The Balaban J connectivity index is 0.00000144. The van der Waals surface area contributed by atoms with Gasteiger partial charge in [0.25, 0.3) is 5.91 Å². The molecule has 1 aromatic rings. The minimum absolute atomic E-state index is 0. The molecule has 7 nitrogen and oxygen atoms in total. The maximum Gasteiger partial charge on any atom is 0.322 e. The maximum absolute atomic E-state index is 11.8. The molecule has 0 unspecified atom stereocenters. The lowest BCUT2D eigenvalue weighted by Gasteiger charge is -2.23. The summed E-state index contributed by atoms with van der Waals surface area (Å²) in [6.07, 6.45) is 0. The fraction of sp³-hybridized carbons (Fsp3) is 0.444. The molecular weight excluding hydrogens is 246 g/mol. The predicted octanol–water partition coefficient (Wildman–Crippen LogP) is -0.856. The van der Waals surface area contributed by atoms with E-state index in [1.165, 1.54) is 0 Å². The van der Waals surface area contributed by atoms with Crippen LogP contribution in [-0.4, -0.2) is 28.3 Å². The van der Waals surface area contributed by atoms with Gasteiger partial charge < -0.3 is 11.1 Å². The molecule has 2 heterocycles. The first kappa shape index (κ1) is 13.5. The molecule has 1 atom stereocenters. The highest BCUT2D eigenvalue weighted by atomic mass is 35.5. The number of amides is 3. The third kappa shape index (κ3) is 1.87. The van der Waals surface area contributed by atoms with Crippen molar-refractivity contribution in [3.8, 4) is 0 Å². The van der Waals surface area contributed by atoms with E-state index in [-0.39, 0.29) is 19.0 Å². The van der Waals surface area contributed by atoms with Gasteiger partial charge in [-0.3, -0.25) is 14.8 Å². The van der Waals surface area contributed by atoms with E-state index < -0.39 is 17.5 Å². The average Bonchev–Trinajstić information content (AvgIpc) is 2.67. The van der Waals surface area contributed by atoms with Crippen LogP contribution < -0.4 is 16.4 Å². The molecule has 0 bridgehead atoms. The van der Waals surface area contributed by atoms with Crippen molar-refractivity contribution in [3.63, 3.8) is 0 Å². The van der Waals surface area contributed by atoms with Gasteiger partial charge in [0.05, 0.1) is 11.4 Å². The van der Waals surface area contributed by atoms with Gasteiger partial charge in [0.2, 0.25) is 0 Å². The molecule has 4 N–H and O–H groups in total. The van der Waals surface area contributed by atoms with Gasteiger partial charge in [-0.1, -0.05) is 0 Å². The SMILES string of the molecule is Cc1cc([C@@]2(CN)NC(=O)NC2=O)n(C)n1.Cl. The van der Waals surface area contributed by atoms with Crippen molar-refractivity contribution in [1.29, 1.82) is 0 Å². The first-order chi connectivity index (χ1) is 7.49. The number of imide groups is 1. The lowest BCUT2D eigenvalue weighted by Crippen LogP contribution is -2.51. The highest BCUT2D eigenvalue weighted by Crippen LogP contribution is 2.23. The zero-order valence-electron chi connectivity index (χ0n) is 9.48. The normalized spacial score (nSPS) is 23.0. The highest BCUT2D eigenvalue weighted by Gasteiger charge is 2.48. The van der Waals surface area contributed by atoms with Gasteiger partial charge in [-0.05, 0) is 13.0 Å². The van der Waals surface area contributed by atoms with Crippen LogP contribution in [0.5, 0.6) is 0 Å². The van der Waals surface area contributed by atoms with E-state index in [2.05, 4.69) is 15.7 Å². The van der Waals surface area contributed by atoms with E-state index in [4.69, 9.17) is 5.73 Å². The molecule has 1 aliphatic rings. The number of halogens is 1. The molecular formula is C9H14ClN5O2. The van der Waals surface area contributed by atoms with Crippen molar-refractivity contribution in [2.75, 3.05) is 6.54 Å². The number of nitrogens with one attached hydrogen (secondary N) is 2. The lowest BCUT2D eigenvalue weighted by atomic mass is 9.95. The highest BCUT2D eigenvalue weighted by molar-refractivity contribution is 6.07. The van der Waals surface area contributed by atoms with Crippen LogP contribution >= 0.6 is 12.4 Å². The Morgan fingerprint density at radius 1 is 1.53 bits per heavy atom. The Hall–Kier alpha value is -1.60. The second-order valence-electron chi connectivity index (χ2n) is 3.81. The van der Waals surface area contributed by atoms with Gasteiger partial charge in [0.15, 0.2) is 5.54 Å². The zero-order valence-corrected chi connectivity index (χ0v) is 10.3. The molecule has 1 aromatic heterocycles. The molecule has 8 heteroatoms. The molecule has 0 aromatic carbocycles. The van der Waals surface area contributed by atoms with Gasteiger partial charge in [-0.25, -0.2) is 4.79 Å². The van der Waals surface area contributed by atoms with Gasteiger partial charge in [0, 0.05) is 13.6 Å². The number of carbonyl (C=O) groups excluding carboxylic acids is 2. The van der Waals surface area contributed by atoms with Crippen molar-refractivity contribution in [2.24, 2.45) is 12.8 Å². The van der Waals surface area contributed by atoms with Crippen molar-refractivity contribution < 1.29 is 9.59 Å². The second-order valence-corrected chi connectivity index (χ2v) is 3.81. The molecule has 2 rings (SSSR count). The Kier molecular flexibility index (Phi) is 3.44. The van der Waals surface area contributed by atoms with Crippen LogP contribution in [0.4, 0.5) is 4.79 Å². The molecule has 1 fully saturated rings. The minimum Gasteiger partial charge on any atom is -0.327 e. The monoisotopic (exact) mass is 259 g/mol. The summed E-state index contributed by atoms with van der Waals surface area (Å²) in [5.74, 6) is -0.442. The molecule has 17 heavy (non-hydrogen) atoms. The van der Waals surface area contributed by atoms with Crippen molar-refractivity contribution >= 4 is 24.3 Å². The molecule has 94 valence electrons. The third-order valence-corrected chi connectivity index (χ3v) is 2.69. The quantitative estimate of drug-likeness (QED) is 0.602. The average molecular weight is 260 g/mol. The number of rotatable bonds is 2. The number of nitrogens with two attached hydrogens (primary N) is 1. The topological polar surface area (TPSA) is 102 Å². The summed E-state index contributed by atoms with van der Waals surface area (Å²) in [5, 5.41) is 8.87. The predicted molar refractivity (Wildman–Crippen MR) is 62.6 cm³/mol. The molecule has 3 amide bonds. The summed E-state index contributed by atoms with van der Waals surface area (Å²) in [5.41, 5.74) is 5.76. The van der Waals surface area contributed by atoms with Crippen LogP contribution in [0.1, 0.15) is 11.4 Å². The van der Waals surface area contributed by atoms with Gasteiger partial charge in [-0.15, -0.1) is 12.4 Å². The lowest BCUT2D eigenvalue weighted by molar-refractivity contribution is -0.124. The first-order valence-corrected chi connectivity index (χ1v) is 4.84. The Morgan fingerprint density at radius 3 is 2.53 bits per heavy atom. The summed E-state index contributed by atoms with van der Waals surface area (Å²) in [4.78, 5) is 23.0. The van der Waals surface area contributed by atoms with Crippen LogP contribution in [0.3, 0.4) is 0 Å². The van der Waals surface area contributed by atoms with E-state index in [0.717, 1.165) is 5.69 Å². The molecule has 0 spiro atoms. The number of hydrogen-bond acceptors (Lipinski definition) is 4. The van der Waals surface area contributed by atoms with Crippen LogP contribution in [0, 0.1) is 6.92 Å². The van der Waals surface area contributed by atoms with E-state index in [9.17, 15) is 9.59 Å². The molecule has 0 aliphatic carbocycles. The van der Waals surface area contributed by atoms with Crippen molar-refractivity contribution in [1.82, 2.24) is 20.4 Å². The maximum atomic E-state index is 11.8. The number of urea groups is 1. The number of aromatic nitrogens is 2. The van der Waals surface area contributed by atoms with Crippen LogP contribution in [0.2, 0.25) is 0 Å². The fourth-order valence-electron chi connectivity index (χ4n) is 1.93. The van der Waals surface area contributed by atoms with Gasteiger partial charge >= 0.3 is 6.03 Å². The molecule has 1 aliphatic heterocycles. The van der Waals surface area contributed by atoms with E-state index in [1.807, 2.05) is 6.92 Å². The summed E-state index contributed by atoms with van der Waals surface area (Å²) in [7, 11) is 1.71. The minimum atomic E-state index is -1.20. The number of hydrogen-bond donors (Lipinski definition) is 3. The second kappa shape index (κ2) is 4.34. The zero-order chi connectivity index (χ0) is 11.9. The van der Waals surface area contributed by atoms with Crippen molar-refractivity contribution in [2.45, 2.75) is 12.5 Å². The number of carbonyl (C=O) groups is 2. The Bertz CT molecular complexity index is 472. The van der Waals surface area contributed by atoms with Crippen LogP contribution in [-0.2, 0) is 17.4 Å². The van der Waals surface area contributed by atoms with Gasteiger partial charge in [-0.2, -0.15) is 5.10 Å². The van der Waals surface area contributed by atoms with E-state index in [0.29, 0.717) is 5.69 Å². The Labute approximate surface area is 104 Å². The molecule has 0 saturated carbocycles. The number of aryl methyl sites for hydroxylation is 2. The summed E-state index contributed by atoms with van der Waals surface area (Å²) >= 11 is 0. The summed E-state index contributed by atoms with van der Waals surface area (Å²) < 4.78 is 1.55. The largest absolute Gasteiger partial charge is 0.327 e. The van der Waals surface area contributed by atoms with E-state index in [1.54, 1.807) is 17.8 Å². The van der Waals surface area contributed by atoms with Crippen molar-refractivity contribution in [3.05, 3.63) is 17.5 Å².